The van der Waals surface area contributed by atoms with Crippen LogP contribution in [0.2, 0.25) is 0 Å². The van der Waals surface area contributed by atoms with E-state index in [0.29, 0.717) is 0 Å². The molecule has 0 heterocycles. The molecular weight excluding hydrogens is 311 g/mol. The summed E-state index contributed by atoms with van der Waals surface area (Å²) in [4.78, 5) is 0. The van der Waals surface area contributed by atoms with Crippen LogP contribution in [0.3, 0.4) is 0 Å². The van der Waals surface area contributed by atoms with E-state index in [4.69, 9.17) is 27.9 Å². The molecule has 16 heavy (non-hydrogen) atoms. The molecule has 1 aromatic carbocycles. The van der Waals surface area contributed by atoms with Crippen molar-refractivity contribution in [2.24, 2.45) is 0 Å². The molecular formula is C12H15BrCl2O. The van der Waals surface area contributed by atoms with E-state index in [0.717, 1.165) is 24.3 Å². The van der Waals surface area contributed by atoms with Gasteiger partial charge >= 0.3 is 0 Å². The van der Waals surface area contributed by atoms with Gasteiger partial charge in [-0.25, -0.2) is 0 Å². The number of benzene rings is 1. The minimum atomic E-state index is -1.02. The number of hydrogen-bond acceptors (Lipinski definition) is 1. The lowest BCUT2D eigenvalue weighted by Crippen LogP contribution is -2.00. The van der Waals surface area contributed by atoms with Crippen molar-refractivity contribution in [1.29, 1.82) is 0 Å². The predicted octanol–water partition coefficient (Wildman–Crippen LogP) is 5.24. The van der Waals surface area contributed by atoms with Crippen LogP contribution in [0.1, 0.15) is 31.7 Å². The van der Waals surface area contributed by atoms with Crippen molar-refractivity contribution < 1.29 is 4.74 Å². The summed E-state index contributed by atoms with van der Waals surface area (Å²) in [5.41, 5.74) is 0.803. The Balaban J connectivity index is 2.46. The number of alkyl halides is 3. The van der Waals surface area contributed by atoms with Crippen molar-refractivity contribution in [2.45, 2.75) is 29.4 Å². The third-order valence-corrected chi connectivity index (χ3v) is 3.09. The van der Waals surface area contributed by atoms with Crippen LogP contribution in [0, 0.1) is 0 Å². The average Bonchev–Trinajstić information content (AvgIpc) is 2.24. The fourth-order valence-corrected chi connectivity index (χ4v) is 1.80. The molecule has 0 bridgehead atoms. The third kappa shape index (κ3) is 4.94. The van der Waals surface area contributed by atoms with Gasteiger partial charge in [0.05, 0.1) is 6.61 Å². The SMILES string of the molecule is CCCCCOc1ccc(C(Cl)(Cl)Br)cc1. The molecule has 0 aliphatic heterocycles. The quantitative estimate of drug-likeness (QED) is 0.513. The maximum Gasteiger partial charge on any atom is 0.197 e. The Hall–Kier alpha value is 0.0800. The van der Waals surface area contributed by atoms with Gasteiger partial charge in [-0.2, -0.15) is 0 Å². The lowest BCUT2D eigenvalue weighted by atomic mass is 10.2. The van der Waals surface area contributed by atoms with Gasteiger partial charge in [0, 0.05) is 0 Å². The Kier molecular flexibility index (Phi) is 5.95. The molecule has 0 N–H and O–H groups in total. The maximum atomic E-state index is 5.90. The molecule has 0 amide bonds. The van der Waals surface area contributed by atoms with Crippen LogP contribution in [0.5, 0.6) is 5.75 Å². The second kappa shape index (κ2) is 6.73. The Morgan fingerprint density at radius 1 is 1.19 bits per heavy atom. The van der Waals surface area contributed by atoms with E-state index in [-0.39, 0.29) is 0 Å². The lowest BCUT2D eigenvalue weighted by molar-refractivity contribution is 0.306. The van der Waals surface area contributed by atoms with Crippen molar-refractivity contribution in [3.63, 3.8) is 0 Å². The van der Waals surface area contributed by atoms with E-state index >= 15 is 0 Å². The topological polar surface area (TPSA) is 9.23 Å². The normalized spacial score (nSPS) is 11.5. The van der Waals surface area contributed by atoms with Crippen LogP contribution in [-0.2, 0) is 3.24 Å². The Morgan fingerprint density at radius 2 is 1.81 bits per heavy atom. The first-order valence-electron chi connectivity index (χ1n) is 5.34. The summed E-state index contributed by atoms with van der Waals surface area (Å²) in [6, 6.07) is 7.46. The highest BCUT2D eigenvalue weighted by atomic mass is 79.9. The highest BCUT2D eigenvalue weighted by molar-refractivity contribution is 9.10. The van der Waals surface area contributed by atoms with Crippen LogP contribution in [0.25, 0.3) is 0 Å². The Labute approximate surface area is 115 Å². The number of halogens is 3. The lowest BCUT2D eigenvalue weighted by Gasteiger charge is -2.12. The van der Waals surface area contributed by atoms with Crippen molar-refractivity contribution in [2.75, 3.05) is 6.61 Å². The first kappa shape index (κ1) is 14.1. The molecule has 1 aromatic rings. The van der Waals surface area contributed by atoms with Crippen LogP contribution in [0.15, 0.2) is 24.3 Å². The summed E-state index contributed by atoms with van der Waals surface area (Å²) in [6.07, 6.45) is 3.49. The van der Waals surface area contributed by atoms with Crippen molar-refractivity contribution in [3.8, 4) is 5.75 Å². The number of rotatable bonds is 6. The van der Waals surface area contributed by atoms with Gasteiger partial charge in [-0.3, -0.25) is 0 Å². The molecule has 0 unspecified atom stereocenters. The van der Waals surface area contributed by atoms with Gasteiger partial charge < -0.3 is 4.74 Å². The fourth-order valence-electron chi connectivity index (χ4n) is 1.28. The van der Waals surface area contributed by atoms with Gasteiger partial charge in [-0.15, -0.1) is 0 Å². The molecule has 0 fully saturated rings. The molecule has 0 saturated heterocycles. The summed E-state index contributed by atoms with van der Waals surface area (Å²) in [5.74, 6) is 0.852. The largest absolute Gasteiger partial charge is 0.494 e. The minimum absolute atomic E-state index is 0.758. The zero-order valence-corrected chi connectivity index (χ0v) is 12.3. The van der Waals surface area contributed by atoms with Crippen LogP contribution in [-0.4, -0.2) is 6.61 Å². The highest BCUT2D eigenvalue weighted by Gasteiger charge is 2.21. The van der Waals surface area contributed by atoms with Gasteiger partial charge in [0.25, 0.3) is 0 Å². The average molecular weight is 326 g/mol. The monoisotopic (exact) mass is 324 g/mol. The van der Waals surface area contributed by atoms with Gasteiger partial charge in [0.15, 0.2) is 3.24 Å². The standard InChI is InChI=1S/C12H15BrCl2O/c1-2-3-4-9-16-11-7-5-10(6-8-11)12(13,14)15/h5-8H,2-4,9H2,1H3. The smallest absolute Gasteiger partial charge is 0.197 e. The number of hydrogen-bond donors (Lipinski definition) is 0. The van der Waals surface area contributed by atoms with Crippen molar-refractivity contribution in [3.05, 3.63) is 29.8 Å². The van der Waals surface area contributed by atoms with Crippen molar-refractivity contribution >= 4 is 39.1 Å². The van der Waals surface area contributed by atoms with Crippen molar-refractivity contribution in [1.82, 2.24) is 0 Å². The molecule has 0 atom stereocenters. The molecule has 90 valence electrons. The molecule has 0 saturated carbocycles. The molecule has 0 aliphatic carbocycles. The molecule has 4 heteroatoms. The zero-order valence-electron chi connectivity index (χ0n) is 9.18. The summed E-state index contributed by atoms with van der Waals surface area (Å²) in [5, 5.41) is 0. The molecule has 1 nitrogen and oxygen atoms in total. The third-order valence-electron chi connectivity index (χ3n) is 2.20. The maximum absolute atomic E-state index is 5.90. The molecule has 0 radical (unpaired) electrons. The number of ether oxygens (including phenoxy) is 1. The first-order chi connectivity index (χ1) is 7.54. The van der Waals surface area contributed by atoms with Crippen LogP contribution < -0.4 is 4.74 Å². The van der Waals surface area contributed by atoms with Gasteiger partial charge in [0.2, 0.25) is 0 Å². The molecule has 1 rings (SSSR count). The van der Waals surface area contributed by atoms with E-state index in [1.807, 2.05) is 24.3 Å². The van der Waals surface area contributed by atoms with Gasteiger partial charge in [-0.05, 0) is 40.0 Å². The van der Waals surface area contributed by atoms with Gasteiger partial charge in [-0.1, -0.05) is 55.1 Å². The minimum Gasteiger partial charge on any atom is -0.494 e. The Morgan fingerprint density at radius 3 is 2.31 bits per heavy atom. The number of unbranched alkanes of at least 4 members (excludes halogenated alkanes) is 2. The second-order valence-electron chi connectivity index (χ2n) is 3.58. The fraction of sp³-hybridized carbons (Fsp3) is 0.500. The summed E-state index contributed by atoms with van der Waals surface area (Å²) < 4.78 is 4.55. The van der Waals surface area contributed by atoms with E-state index in [1.54, 1.807) is 0 Å². The van der Waals surface area contributed by atoms with Gasteiger partial charge in [0.1, 0.15) is 5.75 Å². The Bertz CT molecular complexity index is 306. The van der Waals surface area contributed by atoms with E-state index in [9.17, 15) is 0 Å². The molecule has 0 aromatic heterocycles. The van der Waals surface area contributed by atoms with E-state index < -0.39 is 3.24 Å². The zero-order chi connectivity index (χ0) is 12.0. The van der Waals surface area contributed by atoms with E-state index in [1.165, 1.54) is 12.8 Å². The van der Waals surface area contributed by atoms with E-state index in [2.05, 4.69) is 22.9 Å². The highest BCUT2D eigenvalue weighted by Crippen LogP contribution is 2.40. The summed E-state index contributed by atoms with van der Waals surface area (Å²) in [7, 11) is 0. The predicted molar refractivity (Wildman–Crippen MR) is 73.8 cm³/mol. The van der Waals surface area contributed by atoms with Crippen LogP contribution in [0.4, 0.5) is 0 Å². The summed E-state index contributed by atoms with van der Waals surface area (Å²) in [6.45, 7) is 2.93. The second-order valence-corrected chi connectivity index (χ2v) is 7.01. The first-order valence-corrected chi connectivity index (χ1v) is 6.89. The summed E-state index contributed by atoms with van der Waals surface area (Å²) >= 11 is 15.0. The molecule has 0 spiro atoms. The molecule has 0 aliphatic rings. The van der Waals surface area contributed by atoms with Crippen LogP contribution >= 0.6 is 39.1 Å².